The van der Waals surface area contributed by atoms with Gasteiger partial charge in [0.1, 0.15) is 0 Å². The summed E-state index contributed by atoms with van der Waals surface area (Å²) in [6, 6.07) is 6.77. The van der Waals surface area contributed by atoms with Gasteiger partial charge in [0.2, 0.25) is 0 Å². The SMILES string of the molecule is CCN1CCC(CNC)C1c1ccc(OC)c(OC)c1. The van der Waals surface area contributed by atoms with Crippen LogP contribution in [0.3, 0.4) is 0 Å². The summed E-state index contributed by atoms with van der Waals surface area (Å²) in [5, 5.41) is 3.32. The zero-order valence-corrected chi connectivity index (χ0v) is 13.0. The van der Waals surface area contributed by atoms with E-state index >= 15 is 0 Å². The average molecular weight is 278 g/mol. The normalized spacial score (nSPS) is 23.0. The Hall–Kier alpha value is -1.26. The fourth-order valence-corrected chi connectivity index (χ4v) is 3.28. The molecule has 0 radical (unpaired) electrons. The van der Waals surface area contributed by atoms with Gasteiger partial charge in [-0.3, -0.25) is 4.90 Å². The first-order valence-electron chi connectivity index (χ1n) is 7.35. The van der Waals surface area contributed by atoms with Crippen LogP contribution >= 0.6 is 0 Å². The maximum atomic E-state index is 5.44. The van der Waals surface area contributed by atoms with Crippen LogP contribution < -0.4 is 14.8 Å². The van der Waals surface area contributed by atoms with E-state index in [4.69, 9.17) is 9.47 Å². The van der Waals surface area contributed by atoms with Crippen LogP contribution in [0.4, 0.5) is 0 Å². The molecule has 1 saturated heterocycles. The molecule has 0 aromatic heterocycles. The maximum Gasteiger partial charge on any atom is 0.161 e. The Morgan fingerprint density at radius 2 is 2.00 bits per heavy atom. The van der Waals surface area contributed by atoms with E-state index in [1.54, 1.807) is 14.2 Å². The van der Waals surface area contributed by atoms with Crippen LogP contribution in [0.5, 0.6) is 11.5 Å². The molecule has 0 spiro atoms. The van der Waals surface area contributed by atoms with E-state index in [0.29, 0.717) is 12.0 Å². The second-order valence-corrected chi connectivity index (χ2v) is 5.29. The van der Waals surface area contributed by atoms with Gasteiger partial charge >= 0.3 is 0 Å². The van der Waals surface area contributed by atoms with Gasteiger partial charge in [0, 0.05) is 6.04 Å². The van der Waals surface area contributed by atoms with Crippen LogP contribution in [-0.4, -0.2) is 45.8 Å². The summed E-state index contributed by atoms with van der Waals surface area (Å²) in [7, 11) is 5.40. The smallest absolute Gasteiger partial charge is 0.161 e. The highest BCUT2D eigenvalue weighted by molar-refractivity contribution is 5.44. The lowest BCUT2D eigenvalue weighted by Gasteiger charge is -2.28. The zero-order chi connectivity index (χ0) is 14.5. The predicted molar refractivity (Wildman–Crippen MR) is 81.6 cm³/mol. The molecule has 1 fully saturated rings. The lowest BCUT2D eigenvalue weighted by Crippen LogP contribution is -2.29. The first-order valence-corrected chi connectivity index (χ1v) is 7.35. The first kappa shape index (κ1) is 15.1. The van der Waals surface area contributed by atoms with Gasteiger partial charge in [-0.25, -0.2) is 0 Å². The van der Waals surface area contributed by atoms with Crippen LogP contribution in [0, 0.1) is 5.92 Å². The van der Waals surface area contributed by atoms with Gasteiger partial charge in [-0.05, 0) is 56.7 Å². The molecular weight excluding hydrogens is 252 g/mol. The second-order valence-electron chi connectivity index (χ2n) is 5.29. The lowest BCUT2D eigenvalue weighted by molar-refractivity contribution is 0.237. The average Bonchev–Trinajstić information content (AvgIpc) is 2.89. The molecular formula is C16H26N2O2. The number of benzene rings is 1. The second kappa shape index (κ2) is 6.95. The lowest BCUT2D eigenvalue weighted by atomic mass is 9.93. The number of likely N-dealkylation sites (tertiary alicyclic amines) is 1. The van der Waals surface area contributed by atoms with Crippen molar-refractivity contribution in [3.63, 3.8) is 0 Å². The molecule has 1 heterocycles. The van der Waals surface area contributed by atoms with E-state index in [1.165, 1.54) is 18.5 Å². The molecule has 1 aliphatic heterocycles. The van der Waals surface area contributed by atoms with Crippen LogP contribution in [0.15, 0.2) is 18.2 Å². The van der Waals surface area contributed by atoms with Crippen molar-refractivity contribution in [3.8, 4) is 11.5 Å². The minimum atomic E-state index is 0.465. The van der Waals surface area contributed by atoms with Gasteiger partial charge < -0.3 is 14.8 Å². The Kier molecular flexibility index (Phi) is 5.26. The topological polar surface area (TPSA) is 33.7 Å². The Bertz CT molecular complexity index is 436. The molecule has 112 valence electrons. The van der Waals surface area contributed by atoms with Gasteiger partial charge in [-0.15, -0.1) is 0 Å². The molecule has 1 aliphatic rings. The highest BCUT2D eigenvalue weighted by atomic mass is 16.5. The molecule has 20 heavy (non-hydrogen) atoms. The Balaban J connectivity index is 2.31. The number of methoxy groups -OCH3 is 2. The summed E-state index contributed by atoms with van der Waals surface area (Å²) in [4.78, 5) is 2.54. The van der Waals surface area contributed by atoms with Crippen molar-refractivity contribution in [1.82, 2.24) is 10.2 Å². The molecule has 1 N–H and O–H groups in total. The van der Waals surface area contributed by atoms with Crippen LogP contribution in [-0.2, 0) is 0 Å². The number of nitrogens with zero attached hydrogens (tertiary/aromatic N) is 1. The van der Waals surface area contributed by atoms with Crippen molar-refractivity contribution in [3.05, 3.63) is 23.8 Å². The minimum Gasteiger partial charge on any atom is -0.493 e. The summed E-state index contributed by atoms with van der Waals surface area (Å²) >= 11 is 0. The molecule has 1 aromatic rings. The number of ether oxygens (including phenoxy) is 2. The standard InChI is InChI=1S/C16H26N2O2/c1-5-18-9-8-13(11-17-2)16(18)12-6-7-14(19-3)15(10-12)20-4/h6-7,10,13,16-17H,5,8-9,11H2,1-4H3. The third-order valence-electron chi connectivity index (χ3n) is 4.25. The number of rotatable bonds is 6. The van der Waals surface area contributed by atoms with Crippen LogP contribution in [0.25, 0.3) is 0 Å². The highest BCUT2D eigenvalue weighted by Gasteiger charge is 2.34. The Labute approximate surface area is 122 Å². The van der Waals surface area contributed by atoms with Crippen molar-refractivity contribution in [2.75, 3.05) is 40.9 Å². The summed E-state index contributed by atoms with van der Waals surface area (Å²) in [5.74, 6) is 2.26. The van der Waals surface area contributed by atoms with Crippen molar-refractivity contribution < 1.29 is 9.47 Å². The molecule has 0 amide bonds. The molecule has 4 heteroatoms. The van der Waals surface area contributed by atoms with E-state index in [-0.39, 0.29) is 0 Å². The molecule has 0 aliphatic carbocycles. The fourth-order valence-electron chi connectivity index (χ4n) is 3.28. The van der Waals surface area contributed by atoms with Gasteiger partial charge in [-0.2, -0.15) is 0 Å². The predicted octanol–water partition coefficient (Wildman–Crippen LogP) is 2.31. The van der Waals surface area contributed by atoms with Crippen LogP contribution in [0.1, 0.15) is 24.9 Å². The molecule has 2 atom stereocenters. The van der Waals surface area contributed by atoms with E-state index in [1.807, 2.05) is 13.1 Å². The van der Waals surface area contributed by atoms with Crippen molar-refractivity contribution >= 4 is 0 Å². The van der Waals surface area contributed by atoms with Gasteiger partial charge in [0.25, 0.3) is 0 Å². The molecule has 4 nitrogen and oxygen atoms in total. The third kappa shape index (κ3) is 2.91. The van der Waals surface area contributed by atoms with Crippen molar-refractivity contribution in [1.29, 1.82) is 0 Å². The molecule has 2 rings (SSSR count). The largest absolute Gasteiger partial charge is 0.493 e. The summed E-state index contributed by atoms with van der Waals surface area (Å²) in [6.07, 6.45) is 1.24. The number of hydrogen-bond acceptors (Lipinski definition) is 4. The van der Waals surface area contributed by atoms with Crippen LogP contribution in [0.2, 0.25) is 0 Å². The Morgan fingerprint density at radius 1 is 1.25 bits per heavy atom. The Morgan fingerprint density at radius 3 is 2.60 bits per heavy atom. The van der Waals surface area contributed by atoms with Gasteiger partial charge in [0.15, 0.2) is 11.5 Å². The summed E-state index contributed by atoms with van der Waals surface area (Å²) in [5.41, 5.74) is 1.32. The molecule has 0 bridgehead atoms. The zero-order valence-electron chi connectivity index (χ0n) is 13.0. The first-order chi connectivity index (χ1) is 9.74. The quantitative estimate of drug-likeness (QED) is 0.866. The van der Waals surface area contributed by atoms with Gasteiger partial charge in [0.05, 0.1) is 14.2 Å². The van der Waals surface area contributed by atoms with E-state index in [0.717, 1.165) is 24.6 Å². The monoisotopic (exact) mass is 278 g/mol. The maximum absolute atomic E-state index is 5.44. The third-order valence-corrected chi connectivity index (χ3v) is 4.25. The fraction of sp³-hybridized carbons (Fsp3) is 0.625. The number of hydrogen-bond donors (Lipinski definition) is 1. The minimum absolute atomic E-state index is 0.465. The van der Waals surface area contributed by atoms with E-state index in [2.05, 4.69) is 29.3 Å². The highest BCUT2D eigenvalue weighted by Crippen LogP contribution is 2.39. The summed E-state index contributed by atoms with van der Waals surface area (Å²) < 4.78 is 10.8. The van der Waals surface area contributed by atoms with E-state index < -0.39 is 0 Å². The van der Waals surface area contributed by atoms with Gasteiger partial charge in [-0.1, -0.05) is 13.0 Å². The molecule has 0 saturated carbocycles. The van der Waals surface area contributed by atoms with Crippen molar-refractivity contribution in [2.24, 2.45) is 5.92 Å². The summed E-state index contributed by atoms with van der Waals surface area (Å²) in [6.45, 7) is 5.53. The van der Waals surface area contributed by atoms with Crippen molar-refractivity contribution in [2.45, 2.75) is 19.4 Å². The van der Waals surface area contributed by atoms with E-state index in [9.17, 15) is 0 Å². The molecule has 2 unspecified atom stereocenters. The molecule has 1 aromatic carbocycles. The number of nitrogens with one attached hydrogen (secondary N) is 1.